The molecule has 0 amide bonds. The molecule has 0 saturated heterocycles. The third kappa shape index (κ3) is 2.76. The lowest BCUT2D eigenvalue weighted by atomic mass is 10.3. The number of nitriles is 1. The van der Waals surface area contributed by atoms with Crippen molar-refractivity contribution < 1.29 is 9.53 Å². The predicted octanol–water partition coefficient (Wildman–Crippen LogP) is 3.11. The third-order valence-corrected chi connectivity index (χ3v) is 2.82. The minimum absolute atomic E-state index is 0.0231. The van der Waals surface area contributed by atoms with Crippen molar-refractivity contribution in [1.82, 2.24) is 4.98 Å². The number of carbonyl (C=O) groups excluding carboxylic acids is 1. The van der Waals surface area contributed by atoms with Crippen molar-refractivity contribution >= 4 is 40.8 Å². The van der Waals surface area contributed by atoms with Crippen LogP contribution in [0.25, 0.3) is 0 Å². The lowest BCUT2D eigenvalue weighted by molar-refractivity contribution is 0.0428. The van der Waals surface area contributed by atoms with Crippen molar-refractivity contribution in [2.24, 2.45) is 0 Å². The lowest BCUT2D eigenvalue weighted by Crippen LogP contribution is -2.15. The van der Waals surface area contributed by atoms with Crippen LogP contribution in [-0.2, 0) is 4.74 Å². The summed E-state index contributed by atoms with van der Waals surface area (Å²) in [7, 11) is 0. The number of esters is 1. The van der Waals surface area contributed by atoms with Crippen LogP contribution in [0.4, 0.5) is 0 Å². The summed E-state index contributed by atoms with van der Waals surface area (Å²) in [6.45, 7) is 1.42. The Bertz CT molecular complexity index is 471. The van der Waals surface area contributed by atoms with Crippen LogP contribution in [0.15, 0.2) is 6.20 Å². The molecule has 1 heterocycles. The molecule has 0 aliphatic carbocycles. The van der Waals surface area contributed by atoms with Crippen LogP contribution in [0, 0.1) is 11.3 Å². The van der Waals surface area contributed by atoms with Gasteiger partial charge in [0.2, 0.25) is 0 Å². The number of carbonyl (C=O) groups is 1. The number of hydrogen-bond donors (Lipinski definition) is 0. The summed E-state index contributed by atoms with van der Waals surface area (Å²) in [5.41, 5.74) is -0.168. The number of nitrogens with zero attached hydrogens (tertiary/aromatic N) is 2. The van der Waals surface area contributed by atoms with Crippen LogP contribution in [-0.4, -0.2) is 17.1 Å². The number of hydrogen-bond acceptors (Lipinski definition) is 4. The fraction of sp³-hybridized carbons (Fsp3) is 0.222. The predicted molar refractivity (Wildman–Crippen MR) is 59.8 cm³/mol. The molecule has 0 radical (unpaired) electrons. The topological polar surface area (TPSA) is 63.0 Å². The molecule has 0 aromatic carbocycles. The van der Waals surface area contributed by atoms with Crippen molar-refractivity contribution in [3.8, 4) is 6.07 Å². The Morgan fingerprint density at radius 2 is 2.12 bits per heavy atom. The van der Waals surface area contributed by atoms with Gasteiger partial charge in [0.25, 0.3) is 0 Å². The molecule has 1 rings (SSSR count). The van der Waals surface area contributed by atoms with E-state index in [1.54, 1.807) is 6.07 Å². The highest BCUT2D eigenvalue weighted by atomic mass is 35.5. The van der Waals surface area contributed by atoms with Crippen LogP contribution in [0.1, 0.15) is 17.4 Å². The van der Waals surface area contributed by atoms with Gasteiger partial charge in [-0.25, -0.2) is 9.78 Å². The van der Waals surface area contributed by atoms with Gasteiger partial charge in [-0.1, -0.05) is 34.8 Å². The van der Waals surface area contributed by atoms with Crippen molar-refractivity contribution in [3.05, 3.63) is 27.0 Å². The molecular weight excluding hydrogens is 274 g/mol. The third-order valence-electron chi connectivity index (χ3n) is 1.58. The zero-order valence-electron chi connectivity index (χ0n) is 8.00. The number of pyridine rings is 1. The highest BCUT2D eigenvalue weighted by Gasteiger charge is 2.19. The lowest BCUT2D eigenvalue weighted by Gasteiger charge is -2.07. The van der Waals surface area contributed by atoms with E-state index in [9.17, 15) is 4.79 Å². The van der Waals surface area contributed by atoms with E-state index in [0.29, 0.717) is 0 Å². The Hall–Kier alpha value is -1.02. The molecule has 1 atom stereocenters. The molecule has 4 nitrogen and oxygen atoms in total. The normalized spacial score (nSPS) is 11.7. The van der Waals surface area contributed by atoms with Gasteiger partial charge in [0.1, 0.15) is 6.07 Å². The molecule has 0 aliphatic rings. The first-order valence-electron chi connectivity index (χ1n) is 4.07. The Morgan fingerprint density at radius 1 is 1.50 bits per heavy atom. The second kappa shape index (κ2) is 5.35. The number of aromatic nitrogens is 1. The standard InChI is InChI=1S/C9H5Cl3N2O2/c1-4(2-13)16-9(15)8-7(12)6(11)5(10)3-14-8/h3-4H,1H3/t4-/m0/s1. The van der Waals surface area contributed by atoms with Crippen molar-refractivity contribution in [2.75, 3.05) is 0 Å². The summed E-state index contributed by atoms with van der Waals surface area (Å²) in [6.07, 6.45) is 0.295. The van der Waals surface area contributed by atoms with Crippen molar-refractivity contribution in [3.63, 3.8) is 0 Å². The Morgan fingerprint density at radius 3 is 2.69 bits per heavy atom. The van der Waals surface area contributed by atoms with E-state index >= 15 is 0 Å². The molecular formula is C9H5Cl3N2O2. The number of halogens is 3. The quantitative estimate of drug-likeness (QED) is 0.780. The maximum absolute atomic E-state index is 11.5. The molecule has 0 unspecified atom stereocenters. The van der Waals surface area contributed by atoms with Crippen LogP contribution in [0.2, 0.25) is 15.1 Å². The van der Waals surface area contributed by atoms with Gasteiger partial charge in [-0.3, -0.25) is 0 Å². The first kappa shape index (κ1) is 13.0. The van der Waals surface area contributed by atoms with Crippen LogP contribution in [0.3, 0.4) is 0 Å². The monoisotopic (exact) mass is 278 g/mol. The smallest absolute Gasteiger partial charge is 0.359 e. The summed E-state index contributed by atoms with van der Waals surface area (Å²) in [5.74, 6) is -0.822. The van der Waals surface area contributed by atoms with E-state index < -0.39 is 12.1 Å². The van der Waals surface area contributed by atoms with E-state index in [0.717, 1.165) is 0 Å². The molecule has 0 saturated carbocycles. The average molecular weight is 280 g/mol. The van der Waals surface area contributed by atoms with E-state index in [-0.39, 0.29) is 20.8 Å². The summed E-state index contributed by atoms with van der Waals surface area (Å²) in [6, 6.07) is 1.74. The first-order valence-corrected chi connectivity index (χ1v) is 5.20. The maximum Gasteiger partial charge on any atom is 0.359 e. The summed E-state index contributed by atoms with van der Waals surface area (Å²) in [4.78, 5) is 15.2. The molecule has 16 heavy (non-hydrogen) atoms. The average Bonchev–Trinajstić information content (AvgIpc) is 2.25. The molecule has 7 heteroatoms. The van der Waals surface area contributed by atoms with E-state index in [2.05, 4.69) is 4.98 Å². The summed E-state index contributed by atoms with van der Waals surface area (Å²) in [5, 5.41) is 8.54. The molecule has 0 bridgehead atoms. The van der Waals surface area contributed by atoms with Gasteiger partial charge in [-0.15, -0.1) is 0 Å². The molecule has 1 aromatic rings. The highest BCUT2D eigenvalue weighted by molar-refractivity contribution is 6.48. The second-order valence-corrected chi connectivity index (χ2v) is 3.92. The van der Waals surface area contributed by atoms with Crippen molar-refractivity contribution in [2.45, 2.75) is 13.0 Å². The zero-order chi connectivity index (χ0) is 12.3. The van der Waals surface area contributed by atoms with E-state index in [4.69, 9.17) is 44.8 Å². The number of rotatable bonds is 2. The second-order valence-electron chi connectivity index (χ2n) is 2.76. The largest absolute Gasteiger partial charge is 0.442 e. The first-order chi connectivity index (χ1) is 7.47. The van der Waals surface area contributed by atoms with E-state index in [1.807, 2.05) is 0 Å². The van der Waals surface area contributed by atoms with Gasteiger partial charge in [-0.05, 0) is 6.92 Å². The number of ether oxygens (including phenoxy) is 1. The Kier molecular flexibility index (Phi) is 4.36. The van der Waals surface area contributed by atoms with Crippen LogP contribution in [0.5, 0.6) is 0 Å². The van der Waals surface area contributed by atoms with Crippen LogP contribution >= 0.6 is 34.8 Å². The van der Waals surface area contributed by atoms with Gasteiger partial charge < -0.3 is 4.74 Å². The summed E-state index contributed by atoms with van der Waals surface area (Å²) >= 11 is 17.1. The summed E-state index contributed by atoms with van der Waals surface area (Å²) < 4.78 is 4.71. The highest BCUT2D eigenvalue weighted by Crippen LogP contribution is 2.31. The molecule has 1 aromatic heterocycles. The van der Waals surface area contributed by atoms with Gasteiger partial charge in [0, 0.05) is 6.20 Å². The molecule has 0 fully saturated rings. The molecule has 0 aliphatic heterocycles. The van der Waals surface area contributed by atoms with Gasteiger partial charge >= 0.3 is 5.97 Å². The van der Waals surface area contributed by atoms with E-state index in [1.165, 1.54) is 13.1 Å². The Labute approximate surface area is 107 Å². The van der Waals surface area contributed by atoms with Gasteiger partial charge in [-0.2, -0.15) is 5.26 Å². The molecule has 84 valence electrons. The van der Waals surface area contributed by atoms with Gasteiger partial charge in [0.05, 0.1) is 15.1 Å². The fourth-order valence-electron chi connectivity index (χ4n) is 0.828. The minimum atomic E-state index is -0.889. The SMILES string of the molecule is C[C@@H](C#N)OC(=O)c1ncc(Cl)c(Cl)c1Cl. The fourth-order valence-corrected chi connectivity index (χ4v) is 1.39. The zero-order valence-corrected chi connectivity index (χ0v) is 10.3. The maximum atomic E-state index is 11.5. The van der Waals surface area contributed by atoms with Gasteiger partial charge in [0.15, 0.2) is 11.8 Å². The minimum Gasteiger partial charge on any atom is -0.442 e. The Balaban J connectivity index is 3.02. The van der Waals surface area contributed by atoms with Crippen LogP contribution < -0.4 is 0 Å². The van der Waals surface area contributed by atoms with Crippen molar-refractivity contribution in [1.29, 1.82) is 5.26 Å². The molecule has 0 spiro atoms. The molecule has 0 N–H and O–H groups in total.